The standard InChI is InChI=1S/C11H13ClFN3O/c1-15-2-4-16(5-3-15)11(17)8-6-9(13)10(12)14-7-8/h6-7H,2-5H2,1H3. The van der Waals surface area contributed by atoms with Crippen LogP contribution in [0.25, 0.3) is 0 Å². The van der Waals surface area contributed by atoms with Gasteiger partial charge in [-0.3, -0.25) is 4.79 Å². The average molecular weight is 258 g/mol. The number of rotatable bonds is 1. The fraction of sp³-hybridized carbons (Fsp3) is 0.455. The molecule has 0 atom stereocenters. The number of carbonyl (C=O) groups is 1. The molecule has 1 amide bonds. The van der Waals surface area contributed by atoms with Crippen molar-refractivity contribution in [3.05, 3.63) is 28.8 Å². The van der Waals surface area contributed by atoms with Crippen LogP contribution in [0.15, 0.2) is 12.3 Å². The molecule has 1 aliphatic rings. The van der Waals surface area contributed by atoms with Crippen LogP contribution in [-0.4, -0.2) is 53.9 Å². The van der Waals surface area contributed by atoms with Crippen molar-refractivity contribution < 1.29 is 9.18 Å². The number of aromatic nitrogens is 1. The molecule has 6 heteroatoms. The summed E-state index contributed by atoms with van der Waals surface area (Å²) in [5, 5.41) is -0.208. The molecule has 4 nitrogen and oxygen atoms in total. The highest BCUT2D eigenvalue weighted by Crippen LogP contribution is 2.14. The molecule has 0 aromatic carbocycles. The van der Waals surface area contributed by atoms with Crippen molar-refractivity contribution >= 4 is 17.5 Å². The van der Waals surface area contributed by atoms with Crippen LogP contribution in [0.3, 0.4) is 0 Å². The lowest BCUT2D eigenvalue weighted by Gasteiger charge is -2.32. The summed E-state index contributed by atoms with van der Waals surface area (Å²) < 4.78 is 13.2. The Morgan fingerprint density at radius 1 is 1.41 bits per heavy atom. The maximum Gasteiger partial charge on any atom is 0.255 e. The van der Waals surface area contributed by atoms with Gasteiger partial charge in [-0.1, -0.05) is 11.6 Å². The lowest BCUT2D eigenvalue weighted by molar-refractivity contribution is 0.0663. The Kier molecular flexibility index (Phi) is 3.59. The van der Waals surface area contributed by atoms with Crippen molar-refractivity contribution in [2.75, 3.05) is 33.2 Å². The molecule has 0 radical (unpaired) electrons. The van der Waals surface area contributed by atoms with Crippen LogP contribution >= 0.6 is 11.6 Å². The molecular formula is C11H13ClFN3O. The molecule has 1 saturated heterocycles. The van der Waals surface area contributed by atoms with Crippen LogP contribution in [0.2, 0.25) is 5.15 Å². The van der Waals surface area contributed by atoms with E-state index in [9.17, 15) is 9.18 Å². The van der Waals surface area contributed by atoms with Crippen molar-refractivity contribution in [1.29, 1.82) is 0 Å². The van der Waals surface area contributed by atoms with Crippen LogP contribution in [0.5, 0.6) is 0 Å². The highest BCUT2D eigenvalue weighted by Gasteiger charge is 2.21. The Bertz CT molecular complexity index is 433. The van der Waals surface area contributed by atoms with E-state index in [-0.39, 0.29) is 16.6 Å². The van der Waals surface area contributed by atoms with Gasteiger partial charge in [-0.15, -0.1) is 0 Å². The molecule has 0 saturated carbocycles. The van der Waals surface area contributed by atoms with Crippen molar-refractivity contribution in [3.8, 4) is 0 Å². The molecular weight excluding hydrogens is 245 g/mol. The van der Waals surface area contributed by atoms with Crippen molar-refractivity contribution in [2.45, 2.75) is 0 Å². The zero-order valence-corrected chi connectivity index (χ0v) is 10.2. The van der Waals surface area contributed by atoms with Crippen LogP contribution in [0.1, 0.15) is 10.4 Å². The van der Waals surface area contributed by atoms with Gasteiger partial charge in [-0.25, -0.2) is 9.37 Å². The average Bonchev–Trinajstić information content (AvgIpc) is 2.33. The Morgan fingerprint density at radius 3 is 2.65 bits per heavy atom. The summed E-state index contributed by atoms with van der Waals surface area (Å²) in [4.78, 5) is 19.5. The highest BCUT2D eigenvalue weighted by atomic mass is 35.5. The SMILES string of the molecule is CN1CCN(C(=O)c2cnc(Cl)c(F)c2)CC1. The number of carbonyl (C=O) groups excluding carboxylic acids is 1. The van der Waals surface area contributed by atoms with E-state index in [1.165, 1.54) is 6.20 Å². The van der Waals surface area contributed by atoms with E-state index in [1.807, 2.05) is 7.05 Å². The van der Waals surface area contributed by atoms with Gasteiger partial charge in [0, 0.05) is 32.4 Å². The predicted molar refractivity (Wildman–Crippen MR) is 62.6 cm³/mol. The summed E-state index contributed by atoms with van der Waals surface area (Å²) in [5.74, 6) is -0.854. The van der Waals surface area contributed by atoms with Crippen LogP contribution in [0.4, 0.5) is 4.39 Å². The molecule has 1 aliphatic heterocycles. The number of piperazine rings is 1. The molecule has 0 unspecified atom stereocenters. The Balaban J connectivity index is 2.11. The fourth-order valence-corrected chi connectivity index (χ4v) is 1.83. The largest absolute Gasteiger partial charge is 0.336 e. The second kappa shape index (κ2) is 4.98. The summed E-state index contributed by atoms with van der Waals surface area (Å²) in [6, 6.07) is 1.13. The summed E-state index contributed by atoms with van der Waals surface area (Å²) in [6.07, 6.45) is 1.31. The van der Waals surface area contributed by atoms with Crippen molar-refractivity contribution in [3.63, 3.8) is 0 Å². The molecule has 0 bridgehead atoms. The number of amides is 1. The number of nitrogens with zero attached hydrogens (tertiary/aromatic N) is 3. The quantitative estimate of drug-likeness (QED) is 0.711. The number of pyridine rings is 1. The minimum absolute atomic E-state index is 0.193. The van der Waals surface area contributed by atoms with Crippen LogP contribution in [0, 0.1) is 5.82 Å². The zero-order chi connectivity index (χ0) is 12.4. The van der Waals surface area contributed by atoms with E-state index in [1.54, 1.807) is 4.90 Å². The van der Waals surface area contributed by atoms with E-state index >= 15 is 0 Å². The third kappa shape index (κ3) is 2.73. The first kappa shape index (κ1) is 12.3. The second-order valence-electron chi connectivity index (χ2n) is 4.09. The normalized spacial score (nSPS) is 17.2. The molecule has 0 spiro atoms. The zero-order valence-electron chi connectivity index (χ0n) is 9.49. The van der Waals surface area contributed by atoms with Crippen molar-refractivity contribution in [1.82, 2.24) is 14.8 Å². The summed E-state index contributed by atoms with van der Waals surface area (Å²) in [7, 11) is 2.01. The van der Waals surface area contributed by atoms with Crippen LogP contribution in [-0.2, 0) is 0 Å². The van der Waals surface area contributed by atoms with E-state index in [0.29, 0.717) is 13.1 Å². The van der Waals surface area contributed by atoms with E-state index in [0.717, 1.165) is 19.2 Å². The Hall–Kier alpha value is -1.20. The molecule has 2 rings (SSSR count). The number of hydrogen-bond acceptors (Lipinski definition) is 3. The number of halogens is 2. The van der Waals surface area contributed by atoms with Crippen molar-refractivity contribution in [2.24, 2.45) is 0 Å². The summed E-state index contributed by atoms with van der Waals surface area (Å²) in [5.41, 5.74) is 0.247. The third-order valence-corrected chi connectivity index (χ3v) is 3.11. The second-order valence-corrected chi connectivity index (χ2v) is 4.45. The molecule has 0 N–H and O–H groups in total. The van der Waals surface area contributed by atoms with E-state index in [2.05, 4.69) is 9.88 Å². The van der Waals surface area contributed by atoms with Gasteiger partial charge in [0.2, 0.25) is 0 Å². The number of likely N-dealkylation sites (N-methyl/N-ethyl adjacent to an activating group) is 1. The smallest absolute Gasteiger partial charge is 0.255 e. The minimum atomic E-state index is -0.661. The maximum atomic E-state index is 13.2. The third-order valence-electron chi connectivity index (χ3n) is 2.83. The molecule has 92 valence electrons. The highest BCUT2D eigenvalue weighted by molar-refractivity contribution is 6.29. The molecule has 1 fully saturated rings. The van der Waals surface area contributed by atoms with Gasteiger partial charge in [0.25, 0.3) is 5.91 Å². The first-order chi connectivity index (χ1) is 8.08. The Labute approximate surface area is 104 Å². The van der Waals surface area contributed by atoms with Gasteiger partial charge in [-0.05, 0) is 13.1 Å². The lowest BCUT2D eigenvalue weighted by Crippen LogP contribution is -2.47. The molecule has 1 aromatic heterocycles. The van der Waals surface area contributed by atoms with E-state index < -0.39 is 5.82 Å². The summed E-state index contributed by atoms with van der Waals surface area (Å²) in [6.45, 7) is 2.96. The molecule has 2 heterocycles. The molecule has 1 aromatic rings. The maximum absolute atomic E-state index is 13.2. The van der Waals surface area contributed by atoms with Gasteiger partial charge < -0.3 is 9.80 Å². The number of hydrogen-bond donors (Lipinski definition) is 0. The van der Waals surface area contributed by atoms with Gasteiger partial charge in [-0.2, -0.15) is 0 Å². The summed E-state index contributed by atoms with van der Waals surface area (Å²) >= 11 is 5.47. The predicted octanol–water partition coefficient (Wildman–Crippen LogP) is 1.26. The molecule has 17 heavy (non-hydrogen) atoms. The van der Waals surface area contributed by atoms with Gasteiger partial charge in [0.1, 0.15) is 0 Å². The van der Waals surface area contributed by atoms with E-state index in [4.69, 9.17) is 11.6 Å². The monoisotopic (exact) mass is 257 g/mol. The Morgan fingerprint density at radius 2 is 2.06 bits per heavy atom. The minimum Gasteiger partial charge on any atom is -0.336 e. The lowest BCUT2D eigenvalue weighted by atomic mass is 10.2. The first-order valence-electron chi connectivity index (χ1n) is 5.37. The van der Waals surface area contributed by atoms with Gasteiger partial charge in [0.05, 0.1) is 5.56 Å². The van der Waals surface area contributed by atoms with Crippen LogP contribution < -0.4 is 0 Å². The molecule has 0 aliphatic carbocycles. The van der Waals surface area contributed by atoms with Gasteiger partial charge in [0.15, 0.2) is 11.0 Å². The van der Waals surface area contributed by atoms with Gasteiger partial charge >= 0.3 is 0 Å². The first-order valence-corrected chi connectivity index (χ1v) is 5.74. The fourth-order valence-electron chi connectivity index (χ4n) is 1.73. The topological polar surface area (TPSA) is 36.4 Å².